The normalized spacial score (nSPS) is 31.4. The summed E-state index contributed by atoms with van der Waals surface area (Å²) in [7, 11) is 0. The van der Waals surface area contributed by atoms with Gasteiger partial charge in [-0.15, -0.1) is 0 Å². The number of carboxylic acids is 1. The molecule has 1 heterocycles. The molecule has 1 aliphatic heterocycles. The molecule has 0 bridgehead atoms. The predicted octanol–water partition coefficient (Wildman–Crippen LogP) is 2.35. The number of anilines is 1. The van der Waals surface area contributed by atoms with Gasteiger partial charge in [0.2, 0.25) is 5.91 Å². The van der Waals surface area contributed by atoms with E-state index < -0.39 is 28.6 Å². The number of amides is 2. The number of halogens is 2. The first-order valence-electron chi connectivity index (χ1n) is 5.82. The highest BCUT2D eigenvalue weighted by molar-refractivity contribution is 6.37. The van der Waals surface area contributed by atoms with Gasteiger partial charge >= 0.3 is 5.97 Å². The lowest BCUT2D eigenvalue weighted by Gasteiger charge is -2.19. The van der Waals surface area contributed by atoms with Gasteiger partial charge < -0.3 is 5.11 Å². The van der Waals surface area contributed by atoms with Gasteiger partial charge in [-0.05, 0) is 31.5 Å². The van der Waals surface area contributed by atoms with Crippen LogP contribution in [0, 0.1) is 10.8 Å². The van der Waals surface area contributed by atoms with Crippen molar-refractivity contribution in [3.8, 4) is 0 Å². The molecular weight excluding hydrogens is 305 g/mol. The Labute approximate surface area is 124 Å². The Kier molecular flexibility index (Phi) is 2.50. The summed E-state index contributed by atoms with van der Waals surface area (Å²) in [6.07, 6.45) is 0.0395. The van der Waals surface area contributed by atoms with Crippen LogP contribution in [0.25, 0.3) is 0 Å². The molecule has 104 valence electrons. The molecule has 7 heteroatoms. The maximum atomic E-state index is 12.4. The lowest BCUT2D eigenvalue weighted by molar-refractivity contribution is -0.148. The van der Waals surface area contributed by atoms with Crippen LogP contribution in [0.1, 0.15) is 13.3 Å². The highest BCUT2D eigenvalue weighted by atomic mass is 35.5. The Morgan fingerprint density at radius 3 is 2.20 bits per heavy atom. The van der Waals surface area contributed by atoms with Crippen molar-refractivity contribution in [2.45, 2.75) is 13.3 Å². The second-order valence-corrected chi connectivity index (χ2v) is 6.17. The summed E-state index contributed by atoms with van der Waals surface area (Å²) in [6.45, 7) is 1.49. The number of rotatable bonds is 2. The van der Waals surface area contributed by atoms with Gasteiger partial charge in [-0.2, -0.15) is 0 Å². The van der Waals surface area contributed by atoms with Crippen LogP contribution in [0.15, 0.2) is 18.2 Å². The third-order valence-corrected chi connectivity index (χ3v) is 4.59. The average Bonchev–Trinajstić information content (AvgIpc) is 2.92. The summed E-state index contributed by atoms with van der Waals surface area (Å²) in [5.74, 6) is -2.52. The quantitative estimate of drug-likeness (QED) is 0.671. The van der Waals surface area contributed by atoms with Crippen molar-refractivity contribution in [3.05, 3.63) is 28.2 Å². The SMILES string of the molecule is CC12CC1(C(=O)O)C(=O)N(c1cc(Cl)cc(Cl)c1)C2=O. The largest absolute Gasteiger partial charge is 0.480 e. The molecule has 2 aliphatic rings. The Balaban J connectivity index is 2.11. The molecule has 1 N–H and O–H groups in total. The molecule has 1 aromatic carbocycles. The molecule has 20 heavy (non-hydrogen) atoms. The highest BCUT2D eigenvalue weighted by Crippen LogP contribution is 2.69. The lowest BCUT2D eigenvalue weighted by atomic mass is 9.97. The second-order valence-electron chi connectivity index (χ2n) is 5.29. The van der Waals surface area contributed by atoms with E-state index in [1.807, 2.05) is 0 Å². The smallest absolute Gasteiger partial charge is 0.320 e. The third kappa shape index (κ3) is 1.37. The molecule has 3 rings (SSSR count). The van der Waals surface area contributed by atoms with Crippen LogP contribution in [0.4, 0.5) is 5.69 Å². The number of piperidine rings is 1. The van der Waals surface area contributed by atoms with E-state index in [1.54, 1.807) is 0 Å². The predicted molar refractivity (Wildman–Crippen MR) is 71.7 cm³/mol. The summed E-state index contributed by atoms with van der Waals surface area (Å²) in [5, 5.41) is 9.82. The minimum Gasteiger partial charge on any atom is -0.480 e. The van der Waals surface area contributed by atoms with Gasteiger partial charge in [0.1, 0.15) is 0 Å². The number of carbonyl (C=O) groups is 3. The number of carbonyl (C=O) groups excluding carboxylic acids is 2. The summed E-state index contributed by atoms with van der Waals surface area (Å²) < 4.78 is 0. The van der Waals surface area contributed by atoms with Crippen molar-refractivity contribution >= 4 is 46.7 Å². The van der Waals surface area contributed by atoms with Crippen LogP contribution in [0.5, 0.6) is 0 Å². The van der Waals surface area contributed by atoms with Crippen molar-refractivity contribution in [3.63, 3.8) is 0 Å². The summed E-state index contributed by atoms with van der Waals surface area (Å²) in [6, 6.07) is 4.28. The summed E-state index contributed by atoms with van der Waals surface area (Å²) in [5.41, 5.74) is -2.62. The molecule has 5 nitrogen and oxygen atoms in total. The van der Waals surface area contributed by atoms with Crippen LogP contribution < -0.4 is 4.90 Å². The molecule has 1 saturated carbocycles. The lowest BCUT2D eigenvalue weighted by Crippen LogP contribution is -2.37. The fraction of sp³-hybridized carbons (Fsp3) is 0.308. The summed E-state index contributed by atoms with van der Waals surface area (Å²) in [4.78, 5) is 37.0. The number of imide groups is 1. The molecule has 2 unspecified atom stereocenters. The molecule has 2 atom stereocenters. The number of benzene rings is 1. The number of hydrogen-bond donors (Lipinski definition) is 1. The summed E-state index contributed by atoms with van der Waals surface area (Å²) >= 11 is 11.7. The number of carboxylic acid groups (broad SMARTS) is 1. The van der Waals surface area contributed by atoms with Gasteiger partial charge in [0, 0.05) is 10.0 Å². The van der Waals surface area contributed by atoms with Crippen molar-refractivity contribution in [2.75, 3.05) is 4.90 Å². The molecule has 2 fully saturated rings. The maximum absolute atomic E-state index is 12.4. The van der Waals surface area contributed by atoms with Crippen molar-refractivity contribution < 1.29 is 19.5 Å². The zero-order valence-electron chi connectivity index (χ0n) is 10.3. The van der Waals surface area contributed by atoms with Gasteiger partial charge in [0.15, 0.2) is 5.41 Å². The van der Waals surface area contributed by atoms with E-state index in [0.29, 0.717) is 0 Å². The van der Waals surface area contributed by atoms with E-state index >= 15 is 0 Å². The van der Waals surface area contributed by atoms with E-state index in [9.17, 15) is 19.5 Å². The highest BCUT2D eigenvalue weighted by Gasteiger charge is 2.84. The van der Waals surface area contributed by atoms with Crippen LogP contribution in [-0.4, -0.2) is 22.9 Å². The van der Waals surface area contributed by atoms with Crippen molar-refractivity contribution in [1.29, 1.82) is 0 Å². The van der Waals surface area contributed by atoms with Gasteiger partial charge in [-0.3, -0.25) is 14.4 Å². The first-order chi connectivity index (χ1) is 9.24. The van der Waals surface area contributed by atoms with E-state index in [1.165, 1.54) is 25.1 Å². The van der Waals surface area contributed by atoms with Crippen LogP contribution in [-0.2, 0) is 14.4 Å². The third-order valence-electron chi connectivity index (χ3n) is 4.15. The number of nitrogens with zero attached hydrogens (tertiary/aromatic N) is 1. The van der Waals surface area contributed by atoms with E-state index in [2.05, 4.69) is 0 Å². The Morgan fingerprint density at radius 2 is 1.75 bits per heavy atom. The van der Waals surface area contributed by atoms with E-state index in [4.69, 9.17) is 23.2 Å². The molecule has 0 spiro atoms. The number of fused-ring (bicyclic) bond motifs is 1. The number of aliphatic carboxylic acids is 1. The Morgan fingerprint density at radius 1 is 1.20 bits per heavy atom. The van der Waals surface area contributed by atoms with Crippen LogP contribution >= 0.6 is 23.2 Å². The molecule has 2 amide bonds. The van der Waals surface area contributed by atoms with Gasteiger partial charge in [-0.25, -0.2) is 4.90 Å². The van der Waals surface area contributed by atoms with E-state index in [0.717, 1.165) is 4.90 Å². The van der Waals surface area contributed by atoms with Crippen molar-refractivity contribution in [1.82, 2.24) is 0 Å². The minimum atomic E-state index is -1.64. The molecule has 0 radical (unpaired) electrons. The topological polar surface area (TPSA) is 74.7 Å². The molecule has 1 aromatic rings. The first kappa shape index (κ1) is 13.4. The zero-order valence-corrected chi connectivity index (χ0v) is 11.8. The van der Waals surface area contributed by atoms with Crippen LogP contribution in [0.2, 0.25) is 10.0 Å². The standard InChI is InChI=1S/C13H9Cl2NO4/c1-12-5-13(12,11(19)20)10(18)16(9(12)17)8-3-6(14)2-7(15)4-8/h2-4H,5H2,1H3,(H,19,20). The number of hydrogen-bond acceptors (Lipinski definition) is 3. The fourth-order valence-electron chi connectivity index (χ4n) is 2.89. The molecule has 1 aliphatic carbocycles. The monoisotopic (exact) mass is 313 g/mol. The van der Waals surface area contributed by atoms with Gasteiger partial charge in [0.05, 0.1) is 11.1 Å². The molecular formula is C13H9Cl2NO4. The molecule has 1 saturated heterocycles. The van der Waals surface area contributed by atoms with Crippen LogP contribution in [0.3, 0.4) is 0 Å². The zero-order chi connectivity index (χ0) is 14.9. The van der Waals surface area contributed by atoms with E-state index in [-0.39, 0.29) is 22.2 Å². The maximum Gasteiger partial charge on any atom is 0.320 e. The molecule has 0 aromatic heterocycles. The van der Waals surface area contributed by atoms with Gasteiger partial charge in [-0.1, -0.05) is 23.2 Å². The minimum absolute atomic E-state index is 0.0395. The Hall–Kier alpha value is -1.59. The average molecular weight is 314 g/mol. The second kappa shape index (κ2) is 3.74. The van der Waals surface area contributed by atoms with Crippen molar-refractivity contribution in [2.24, 2.45) is 10.8 Å². The van der Waals surface area contributed by atoms with Gasteiger partial charge in [0.25, 0.3) is 5.91 Å². The first-order valence-corrected chi connectivity index (χ1v) is 6.58. The Bertz CT molecular complexity index is 669. The fourth-order valence-corrected chi connectivity index (χ4v) is 3.41.